The number of carbonyl (C=O) groups excluding carboxylic acids is 2. The van der Waals surface area contributed by atoms with Crippen molar-refractivity contribution in [1.82, 2.24) is 10.2 Å². The van der Waals surface area contributed by atoms with Crippen LogP contribution in [0.2, 0.25) is 0 Å². The van der Waals surface area contributed by atoms with E-state index in [1.54, 1.807) is 25.2 Å². The number of aryl methyl sites for hydroxylation is 1. The number of carbonyl (C=O) groups is 2. The Morgan fingerprint density at radius 1 is 1.38 bits per heavy atom. The standard InChI is InChI=1S/C16H20N2O3/c1-4-18(3)15(20)11-17-16(21)14-10-13(6-5-9-19)8-7-12(14)2/h7-8,10,19H,4,9,11H2,1-3H3,(H,17,21). The summed E-state index contributed by atoms with van der Waals surface area (Å²) in [7, 11) is 1.69. The summed E-state index contributed by atoms with van der Waals surface area (Å²) in [6, 6.07) is 5.22. The zero-order chi connectivity index (χ0) is 15.8. The minimum Gasteiger partial charge on any atom is -0.384 e. The first-order valence-electron chi connectivity index (χ1n) is 6.72. The molecule has 0 aromatic heterocycles. The molecule has 0 heterocycles. The molecule has 1 aromatic rings. The number of nitrogens with zero attached hydrogens (tertiary/aromatic N) is 1. The number of hydrogen-bond donors (Lipinski definition) is 2. The Morgan fingerprint density at radius 3 is 2.71 bits per heavy atom. The third-order valence-corrected chi connectivity index (χ3v) is 3.09. The van der Waals surface area contributed by atoms with Crippen LogP contribution in [0.5, 0.6) is 0 Å². The van der Waals surface area contributed by atoms with Crippen molar-refractivity contribution in [3.63, 3.8) is 0 Å². The van der Waals surface area contributed by atoms with Crippen molar-refractivity contribution in [2.45, 2.75) is 13.8 Å². The van der Waals surface area contributed by atoms with Gasteiger partial charge in [0, 0.05) is 24.7 Å². The van der Waals surface area contributed by atoms with E-state index in [0.29, 0.717) is 17.7 Å². The largest absolute Gasteiger partial charge is 0.384 e. The quantitative estimate of drug-likeness (QED) is 0.795. The summed E-state index contributed by atoms with van der Waals surface area (Å²) in [4.78, 5) is 25.3. The van der Waals surface area contributed by atoms with E-state index in [4.69, 9.17) is 5.11 Å². The molecule has 0 fully saturated rings. The van der Waals surface area contributed by atoms with E-state index in [1.807, 2.05) is 13.8 Å². The summed E-state index contributed by atoms with van der Waals surface area (Å²) in [6.07, 6.45) is 0. The Morgan fingerprint density at radius 2 is 2.10 bits per heavy atom. The van der Waals surface area contributed by atoms with Gasteiger partial charge in [0.2, 0.25) is 5.91 Å². The fourth-order valence-corrected chi connectivity index (χ4v) is 1.65. The van der Waals surface area contributed by atoms with E-state index >= 15 is 0 Å². The SMILES string of the molecule is CCN(C)C(=O)CNC(=O)c1cc(C#CCO)ccc1C. The topological polar surface area (TPSA) is 69.6 Å². The normalized spacial score (nSPS) is 9.52. The highest BCUT2D eigenvalue weighted by atomic mass is 16.2. The smallest absolute Gasteiger partial charge is 0.252 e. The van der Waals surface area contributed by atoms with Gasteiger partial charge < -0.3 is 15.3 Å². The highest BCUT2D eigenvalue weighted by molar-refractivity contribution is 5.98. The van der Waals surface area contributed by atoms with Crippen LogP contribution in [-0.2, 0) is 4.79 Å². The highest BCUT2D eigenvalue weighted by Gasteiger charge is 2.12. The molecule has 1 aromatic carbocycles. The number of likely N-dealkylation sites (N-methyl/N-ethyl adjacent to an activating group) is 1. The number of aliphatic hydroxyl groups excluding tert-OH is 1. The first-order valence-corrected chi connectivity index (χ1v) is 6.72. The van der Waals surface area contributed by atoms with Crippen LogP contribution in [0.25, 0.3) is 0 Å². The molecule has 0 bridgehead atoms. The van der Waals surface area contributed by atoms with E-state index in [1.165, 1.54) is 4.90 Å². The summed E-state index contributed by atoms with van der Waals surface area (Å²) in [6.45, 7) is 4.02. The number of hydrogen-bond acceptors (Lipinski definition) is 3. The fraction of sp³-hybridized carbons (Fsp3) is 0.375. The molecule has 1 rings (SSSR count). The van der Waals surface area contributed by atoms with Gasteiger partial charge in [0.05, 0.1) is 6.54 Å². The van der Waals surface area contributed by atoms with Crippen LogP contribution >= 0.6 is 0 Å². The van der Waals surface area contributed by atoms with Crippen LogP contribution in [0.1, 0.15) is 28.4 Å². The zero-order valence-corrected chi connectivity index (χ0v) is 12.6. The molecule has 2 N–H and O–H groups in total. The molecule has 5 heteroatoms. The summed E-state index contributed by atoms with van der Waals surface area (Å²) < 4.78 is 0. The van der Waals surface area contributed by atoms with Crippen molar-refractivity contribution in [2.75, 3.05) is 26.7 Å². The molecular formula is C16H20N2O3. The first kappa shape index (κ1) is 16.7. The van der Waals surface area contributed by atoms with Crippen molar-refractivity contribution in [1.29, 1.82) is 0 Å². The lowest BCUT2D eigenvalue weighted by atomic mass is 10.0. The molecule has 21 heavy (non-hydrogen) atoms. The second-order valence-corrected chi connectivity index (χ2v) is 4.58. The summed E-state index contributed by atoms with van der Waals surface area (Å²) in [5.74, 6) is 4.84. The molecule has 0 aliphatic carbocycles. The number of amides is 2. The average Bonchev–Trinajstić information content (AvgIpc) is 2.50. The predicted octanol–water partition coefficient (Wildman–Crippen LogP) is 0.547. The van der Waals surface area contributed by atoms with Crippen LogP contribution in [0, 0.1) is 18.8 Å². The van der Waals surface area contributed by atoms with Gasteiger partial charge in [-0.3, -0.25) is 9.59 Å². The van der Waals surface area contributed by atoms with E-state index in [9.17, 15) is 9.59 Å². The number of aliphatic hydroxyl groups is 1. The van der Waals surface area contributed by atoms with Crippen LogP contribution in [0.15, 0.2) is 18.2 Å². The average molecular weight is 288 g/mol. The van der Waals surface area contributed by atoms with Gasteiger partial charge in [-0.05, 0) is 31.5 Å². The highest BCUT2D eigenvalue weighted by Crippen LogP contribution is 2.10. The van der Waals surface area contributed by atoms with Gasteiger partial charge in [-0.25, -0.2) is 0 Å². The third kappa shape index (κ3) is 4.93. The molecule has 0 spiro atoms. The predicted molar refractivity (Wildman–Crippen MR) is 80.8 cm³/mol. The van der Waals surface area contributed by atoms with E-state index in [-0.39, 0.29) is 25.0 Å². The molecule has 0 radical (unpaired) electrons. The molecule has 112 valence electrons. The first-order chi connectivity index (χ1) is 9.99. The maximum Gasteiger partial charge on any atom is 0.252 e. The van der Waals surface area contributed by atoms with Crippen molar-refractivity contribution in [2.24, 2.45) is 0 Å². The Bertz CT molecular complexity index is 585. The molecule has 5 nitrogen and oxygen atoms in total. The summed E-state index contributed by atoms with van der Waals surface area (Å²) >= 11 is 0. The second kappa shape index (κ2) is 8.08. The fourth-order valence-electron chi connectivity index (χ4n) is 1.65. The Hall–Kier alpha value is -2.32. The van der Waals surface area contributed by atoms with Gasteiger partial charge in [-0.15, -0.1) is 0 Å². The van der Waals surface area contributed by atoms with Gasteiger partial charge in [-0.2, -0.15) is 0 Å². The summed E-state index contributed by atoms with van der Waals surface area (Å²) in [5, 5.41) is 11.3. The number of rotatable bonds is 4. The Balaban J connectivity index is 2.80. The van der Waals surface area contributed by atoms with Crippen molar-refractivity contribution >= 4 is 11.8 Å². The van der Waals surface area contributed by atoms with Gasteiger partial charge in [-0.1, -0.05) is 17.9 Å². The maximum atomic E-state index is 12.1. The van der Waals surface area contributed by atoms with Gasteiger partial charge in [0.15, 0.2) is 0 Å². The second-order valence-electron chi connectivity index (χ2n) is 4.58. The van der Waals surface area contributed by atoms with Crippen LogP contribution in [-0.4, -0.2) is 48.6 Å². The van der Waals surface area contributed by atoms with Crippen molar-refractivity contribution < 1.29 is 14.7 Å². The lowest BCUT2D eigenvalue weighted by Gasteiger charge is -2.15. The van der Waals surface area contributed by atoms with Crippen molar-refractivity contribution in [3.05, 3.63) is 34.9 Å². The molecule has 0 unspecified atom stereocenters. The van der Waals surface area contributed by atoms with Crippen LogP contribution in [0.3, 0.4) is 0 Å². The molecule has 0 saturated carbocycles. The number of nitrogens with one attached hydrogen (secondary N) is 1. The third-order valence-electron chi connectivity index (χ3n) is 3.09. The Labute approximate surface area is 125 Å². The Kier molecular flexibility index (Phi) is 6.44. The zero-order valence-electron chi connectivity index (χ0n) is 12.6. The molecule has 2 amide bonds. The van der Waals surface area contributed by atoms with Gasteiger partial charge >= 0.3 is 0 Å². The van der Waals surface area contributed by atoms with E-state index in [0.717, 1.165) is 5.56 Å². The van der Waals surface area contributed by atoms with Gasteiger partial charge in [0.25, 0.3) is 5.91 Å². The maximum absolute atomic E-state index is 12.1. The lowest BCUT2D eigenvalue weighted by Crippen LogP contribution is -2.38. The van der Waals surface area contributed by atoms with E-state index in [2.05, 4.69) is 17.2 Å². The lowest BCUT2D eigenvalue weighted by molar-refractivity contribution is -0.128. The molecule has 0 saturated heterocycles. The minimum atomic E-state index is -0.307. The molecular weight excluding hydrogens is 268 g/mol. The van der Waals surface area contributed by atoms with E-state index < -0.39 is 0 Å². The van der Waals surface area contributed by atoms with Crippen molar-refractivity contribution in [3.8, 4) is 11.8 Å². The van der Waals surface area contributed by atoms with Gasteiger partial charge in [0.1, 0.15) is 6.61 Å². The molecule has 0 aliphatic heterocycles. The molecule has 0 aliphatic rings. The monoisotopic (exact) mass is 288 g/mol. The van der Waals surface area contributed by atoms with Crippen LogP contribution < -0.4 is 5.32 Å². The minimum absolute atomic E-state index is 0.0326. The summed E-state index contributed by atoms with van der Waals surface area (Å²) in [5.41, 5.74) is 1.93. The molecule has 0 atom stereocenters. The van der Waals surface area contributed by atoms with Crippen LogP contribution in [0.4, 0.5) is 0 Å². The number of benzene rings is 1.